The molecule has 0 radical (unpaired) electrons. The fourth-order valence-corrected chi connectivity index (χ4v) is 2.23. The van der Waals surface area contributed by atoms with Gasteiger partial charge in [-0.3, -0.25) is 0 Å². The minimum absolute atomic E-state index is 0.224. The van der Waals surface area contributed by atoms with Crippen LogP contribution in [0.3, 0.4) is 0 Å². The summed E-state index contributed by atoms with van der Waals surface area (Å²) in [5.74, 6) is -2.23. The van der Waals surface area contributed by atoms with Crippen molar-refractivity contribution < 1.29 is 18.7 Å². The highest BCUT2D eigenvalue weighted by Gasteiger charge is 2.22. The number of hydrogen-bond donors (Lipinski definition) is 2. The van der Waals surface area contributed by atoms with E-state index in [1.54, 1.807) is 0 Å². The molecule has 0 aromatic heterocycles. The average molecular weight is 342 g/mol. The minimum atomic E-state index is -1.19. The van der Waals surface area contributed by atoms with E-state index in [1.807, 2.05) is 0 Å². The fraction of sp³-hybridized carbons (Fsp3) is 0.0714. The zero-order valence-electron chi connectivity index (χ0n) is 10.1. The molecule has 2 aromatic carbocycles. The Kier molecular flexibility index (Phi) is 4.34. The van der Waals surface area contributed by atoms with E-state index in [-0.39, 0.29) is 5.56 Å². The molecule has 0 aliphatic rings. The van der Waals surface area contributed by atoms with Crippen molar-refractivity contribution in [3.05, 3.63) is 64.1 Å². The summed E-state index contributed by atoms with van der Waals surface area (Å²) >= 11 is 3.18. The van der Waals surface area contributed by atoms with Crippen LogP contribution >= 0.6 is 15.9 Å². The molecular formula is C14H10BrF2NO2. The summed E-state index contributed by atoms with van der Waals surface area (Å²) in [7, 11) is 0. The number of carboxylic acid groups (broad SMARTS) is 1. The van der Waals surface area contributed by atoms with Crippen molar-refractivity contribution in [2.75, 3.05) is 5.32 Å². The number of rotatable bonds is 4. The summed E-state index contributed by atoms with van der Waals surface area (Å²) < 4.78 is 26.8. The third kappa shape index (κ3) is 3.33. The lowest BCUT2D eigenvalue weighted by molar-refractivity contribution is -0.138. The van der Waals surface area contributed by atoms with Crippen molar-refractivity contribution >= 4 is 27.6 Å². The van der Waals surface area contributed by atoms with E-state index in [0.29, 0.717) is 10.2 Å². The molecule has 1 unspecified atom stereocenters. The number of nitrogens with one attached hydrogen (secondary N) is 1. The van der Waals surface area contributed by atoms with Crippen molar-refractivity contribution in [2.45, 2.75) is 6.04 Å². The molecule has 0 amide bonds. The second kappa shape index (κ2) is 6.00. The number of carboxylic acids is 1. The maximum atomic E-state index is 13.3. The molecule has 0 aliphatic heterocycles. The normalized spacial score (nSPS) is 11.9. The molecule has 2 rings (SSSR count). The lowest BCUT2D eigenvalue weighted by Crippen LogP contribution is -2.21. The molecule has 3 nitrogen and oxygen atoms in total. The Balaban J connectivity index is 2.37. The highest BCUT2D eigenvalue weighted by atomic mass is 79.9. The molecule has 1 atom stereocenters. The van der Waals surface area contributed by atoms with Crippen LogP contribution in [0.2, 0.25) is 0 Å². The summed E-state index contributed by atoms with van der Waals surface area (Å²) in [6.45, 7) is 0. The van der Waals surface area contributed by atoms with Gasteiger partial charge in [0.05, 0.1) is 0 Å². The van der Waals surface area contributed by atoms with Crippen LogP contribution in [0.4, 0.5) is 14.5 Å². The standard InChI is InChI=1S/C14H10BrF2NO2/c15-12-5-4-9(17)7-11(12)13(14(19)20)18-10-3-1-2-8(16)6-10/h1-7,13,18H,(H,19,20). The van der Waals surface area contributed by atoms with E-state index in [2.05, 4.69) is 21.2 Å². The number of aliphatic carboxylic acids is 1. The van der Waals surface area contributed by atoms with E-state index in [0.717, 1.165) is 6.07 Å². The lowest BCUT2D eigenvalue weighted by atomic mass is 10.1. The summed E-state index contributed by atoms with van der Waals surface area (Å²) in [5.41, 5.74) is 0.523. The van der Waals surface area contributed by atoms with Crippen molar-refractivity contribution in [1.29, 1.82) is 0 Å². The molecule has 0 heterocycles. The molecule has 20 heavy (non-hydrogen) atoms. The number of benzene rings is 2. The number of carbonyl (C=O) groups is 1. The first-order valence-corrected chi connectivity index (χ1v) is 6.46. The molecule has 0 saturated heterocycles. The van der Waals surface area contributed by atoms with Crippen molar-refractivity contribution in [3.63, 3.8) is 0 Å². The molecule has 0 fully saturated rings. The highest BCUT2D eigenvalue weighted by Crippen LogP contribution is 2.28. The zero-order chi connectivity index (χ0) is 14.7. The number of anilines is 1. The van der Waals surface area contributed by atoms with Crippen LogP contribution in [0.25, 0.3) is 0 Å². The summed E-state index contributed by atoms with van der Waals surface area (Å²) in [6, 6.07) is 7.98. The van der Waals surface area contributed by atoms with Gasteiger partial charge in [0.25, 0.3) is 0 Å². The zero-order valence-corrected chi connectivity index (χ0v) is 11.7. The van der Waals surface area contributed by atoms with Gasteiger partial charge < -0.3 is 10.4 Å². The Morgan fingerprint density at radius 1 is 1.15 bits per heavy atom. The second-order valence-corrected chi connectivity index (χ2v) is 4.95. The maximum Gasteiger partial charge on any atom is 0.330 e. The van der Waals surface area contributed by atoms with E-state index < -0.39 is 23.6 Å². The van der Waals surface area contributed by atoms with Crippen LogP contribution in [0, 0.1) is 11.6 Å². The number of halogens is 3. The van der Waals surface area contributed by atoms with Gasteiger partial charge in [0.1, 0.15) is 11.6 Å². The van der Waals surface area contributed by atoms with Crippen LogP contribution in [0.1, 0.15) is 11.6 Å². The average Bonchev–Trinajstić information content (AvgIpc) is 2.39. The Morgan fingerprint density at radius 2 is 1.85 bits per heavy atom. The van der Waals surface area contributed by atoms with Gasteiger partial charge in [-0.15, -0.1) is 0 Å². The SMILES string of the molecule is O=C(O)C(Nc1cccc(F)c1)c1cc(F)ccc1Br. The molecule has 0 saturated carbocycles. The van der Waals surface area contributed by atoms with Crippen molar-refractivity contribution in [2.24, 2.45) is 0 Å². The van der Waals surface area contributed by atoms with Gasteiger partial charge >= 0.3 is 5.97 Å². The minimum Gasteiger partial charge on any atom is -0.479 e. The Morgan fingerprint density at radius 3 is 2.50 bits per heavy atom. The molecule has 0 bridgehead atoms. The van der Waals surface area contributed by atoms with Crippen LogP contribution < -0.4 is 5.32 Å². The molecule has 104 valence electrons. The van der Waals surface area contributed by atoms with Crippen molar-refractivity contribution in [1.82, 2.24) is 0 Å². The summed E-state index contributed by atoms with van der Waals surface area (Å²) in [6.07, 6.45) is 0. The third-order valence-corrected chi connectivity index (χ3v) is 3.37. The lowest BCUT2D eigenvalue weighted by Gasteiger charge is -2.17. The van der Waals surface area contributed by atoms with Gasteiger partial charge in [0, 0.05) is 15.7 Å². The summed E-state index contributed by atoms with van der Waals surface area (Å²) in [5, 5.41) is 11.9. The topological polar surface area (TPSA) is 49.3 Å². The molecule has 0 aliphatic carbocycles. The predicted octanol–water partition coefficient (Wildman–Crippen LogP) is 3.97. The first kappa shape index (κ1) is 14.5. The van der Waals surface area contributed by atoms with Crippen LogP contribution in [0.5, 0.6) is 0 Å². The van der Waals surface area contributed by atoms with Gasteiger partial charge in [0.2, 0.25) is 0 Å². The Bertz CT molecular complexity index is 649. The smallest absolute Gasteiger partial charge is 0.330 e. The van der Waals surface area contributed by atoms with Gasteiger partial charge in [-0.25, -0.2) is 13.6 Å². The first-order valence-electron chi connectivity index (χ1n) is 5.67. The molecular weight excluding hydrogens is 332 g/mol. The molecule has 6 heteroatoms. The van der Waals surface area contributed by atoms with E-state index in [4.69, 9.17) is 0 Å². The Hall–Kier alpha value is -1.95. The van der Waals surface area contributed by atoms with E-state index in [9.17, 15) is 18.7 Å². The monoisotopic (exact) mass is 341 g/mol. The van der Waals surface area contributed by atoms with Crippen LogP contribution in [0.15, 0.2) is 46.9 Å². The molecule has 0 spiro atoms. The largest absolute Gasteiger partial charge is 0.479 e. The van der Waals surface area contributed by atoms with Crippen LogP contribution in [-0.2, 0) is 4.79 Å². The Labute approximate surface area is 122 Å². The van der Waals surface area contributed by atoms with Gasteiger partial charge in [0.15, 0.2) is 6.04 Å². The van der Waals surface area contributed by atoms with Gasteiger partial charge in [-0.05, 0) is 36.4 Å². The second-order valence-electron chi connectivity index (χ2n) is 4.09. The predicted molar refractivity (Wildman–Crippen MR) is 74.5 cm³/mol. The van der Waals surface area contributed by atoms with Gasteiger partial charge in [-0.1, -0.05) is 22.0 Å². The first-order chi connectivity index (χ1) is 9.47. The van der Waals surface area contributed by atoms with E-state index in [1.165, 1.54) is 36.4 Å². The summed E-state index contributed by atoms with van der Waals surface area (Å²) in [4.78, 5) is 11.4. The maximum absolute atomic E-state index is 13.3. The molecule has 2 aromatic rings. The highest BCUT2D eigenvalue weighted by molar-refractivity contribution is 9.10. The van der Waals surface area contributed by atoms with E-state index >= 15 is 0 Å². The number of hydrogen-bond acceptors (Lipinski definition) is 2. The van der Waals surface area contributed by atoms with Crippen molar-refractivity contribution in [3.8, 4) is 0 Å². The third-order valence-electron chi connectivity index (χ3n) is 2.65. The quantitative estimate of drug-likeness (QED) is 0.884. The fourth-order valence-electron chi connectivity index (χ4n) is 1.75. The van der Waals surface area contributed by atoms with Gasteiger partial charge in [-0.2, -0.15) is 0 Å². The molecule has 2 N–H and O–H groups in total. The van der Waals surface area contributed by atoms with Crippen LogP contribution in [-0.4, -0.2) is 11.1 Å².